The normalized spacial score (nSPS) is 18.7. The number of ether oxygens (including phenoxy) is 1. The molecule has 6 heteroatoms. The minimum absolute atomic E-state index is 0.0552. The molecule has 1 atom stereocenters. The lowest BCUT2D eigenvalue weighted by Gasteiger charge is -2.33. The van der Waals surface area contributed by atoms with Gasteiger partial charge in [0.05, 0.1) is 18.5 Å². The highest BCUT2D eigenvalue weighted by atomic mass is 32.2. The van der Waals surface area contributed by atoms with Crippen molar-refractivity contribution in [2.24, 2.45) is 0 Å². The SMILES string of the molecule is O=S(=O)(CCc1ccccc1)NCCN1CCO[C@H](c2ccccc2)C1. The van der Waals surface area contributed by atoms with Gasteiger partial charge in [0.2, 0.25) is 10.0 Å². The number of hydrogen-bond acceptors (Lipinski definition) is 4. The van der Waals surface area contributed by atoms with Gasteiger partial charge in [0.15, 0.2) is 0 Å². The van der Waals surface area contributed by atoms with Gasteiger partial charge in [-0.2, -0.15) is 0 Å². The van der Waals surface area contributed by atoms with Crippen LogP contribution < -0.4 is 4.72 Å². The molecule has 0 aliphatic carbocycles. The third kappa shape index (κ3) is 5.92. The van der Waals surface area contributed by atoms with E-state index in [0.29, 0.717) is 26.1 Å². The Balaban J connectivity index is 1.42. The van der Waals surface area contributed by atoms with Gasteiger partial charge in [-0.3, -0.25) is 4.90 Å². The quantitative estimate of drug-likeness (QED) is 0.770. The first-order chi connectivity index (χ1) is 12.6. The number of aryl methyl sites for hydroxylation is 1. The van der Waals surface area contributed by atoms with Crippen LogP contribution in [0.25, 0.3) is 0 Å². The zero-order chi connectivity index (χ0) is 18.2. The Morgan fingerprint density at radius 1 is 1.04 bits per heavy atom. The molecular weight excluding hydrogens is 348 g/mol. The molecule has 1 heterocycles. The summed E-state index contributed by atoms with van der Waals surface area (Å²) in [5, 5.41) is 0. The highest BCUT2D eigenvalue weighted by molar-refractivity contribution is 7.89. The maximum absolute atomic E-state index is 12.2. The molecule has 0 unspecified atom stereocenters. The van der Waals surface area contributed by atoms with Crippen molar-refractivity contribution in [1.29, 1.82) is 0 Å². The maximum Gasteiger partial charge on any atom is 0.211 e. The highest BCUT2D eigenvalue weighted by Gasteiger charge is 2.21. The molecule has 5 nitrogen and oxygen atoms in total. The van der Waals surface area contributed by atoms with Gasteiger partial charge in [0, 0.05) is 26.2 Å². The molecule has 1 saturated heterocycles. The van der Waals surface area contributed by atoms with Gasteiger partial charge >= 0.3 is 0 Å². The lowest BCUT2D eigenvalue weighted by Crippen LogP contribution is -2.43. The number of hydrogen-bond donors (Lipinski definition) is 1. The Labute approximate surface area is 156 Å². The van der Waals surface area contributed by atoms with Crippen LogP contribution in [0, 0.1) is 0 Å². The lowest BCUT2D eigenvalue weighted by atomic mass is 10.1. The van der Waals surface area contributed by atoms with Crippen LogP contribution in [0.3, 0.4) is 0 Å². The zero-order valence-electron chi connectivity index (χ0n) is 14.9. The maximum atomic E-state index is 12.2. The van der Waals surface area contributed by atoms with Gasteiger partial charge in [-0.15, -0.1) is 0 Å². The van der Waals surface area contributed by atoms with Crippen LogP contribution in [0.15, 0.2) is 60.7 Å². The van der Waals surface area contributed by atoms with Crippen molar-refractivity contribution in [3.8, 4) is 0 Å². The molecule has 1 aliphatic heterocycles. The summed E-state index contributed by atoms with van der Waals surface area (Å²) >= 11 is 0. The molecule has 1 aliphatic rings. The highest BCUT2D eigenvalue weighted by Crippen LogP contribution is 2.21. The van der Waals surface area contributed by atoms with E-state index in [0.717, 1.165) is 18.7 Å². The summed E-state index contributed by atoms with van der Waals surface area (Å²) in [7, 11) is -3.25. The van der Waals surface area contributed by atoms with Crippen LogP contribution in [0.2, 0.25) is 0 Å². The van der Waals surface area contributed by atoms with E-state index in [-0.39, 0.29) is 11.9 Å². The summed E-state index contributed by atoms with van der Waals surface area (Å²) in [6, 6.07) is 19.8. The van der Waals surface area contributed by atoms with Crippen molar-refractivity contribution in [1.82, 2.24) is 9.62 Å². The number of rotatable bonds is 8. The summed E-state index contributed by atoms with van der Waals surface area (Å²) in [4.78, 5) is 2.25. The predicted octanol–water partition coefficient (Wildman–Crippen LogP) is 2.22. The molecule has 0 aromatic heterocycles. The first-order valence-corrected chi connectivity index (χ1v) is 10.7. The summed E-state index contributed by atoms with van der Waals surface area (Å²) < 4.78 is 32.9. The summed E-state index contributed by atoms with van der Waals surface area (Å²) in [5.41, 5.74) is 2.21. The van der Waals surface area contributed by atoms with Crippen molar-refractivity contribution in [2.75, 3.05) is 38.5 Å². The Hall–Kier alpha value is -1.73. The first kappa shape index (κ1) is 19.0. The molecule has 0 radical (unpaired) electrons. The van der Waals surface area contributed by atoms with Crippen molar-refractivity contribution >= 4 is 10.0 Å². The molecule has 2 aromatic carbocycles. The van der Waals surface area contributed by atoms with Crippen LogP contribution >= 0.6 is 0 Å². The molecule has 3 rings (SSSR count). The van der Waals surface area contributed by atoms with Crippen LogP contribution in [0.4, 0.5) is 0 Å². The minimum atomic E-state index is -3.25. The topological polar surface area (TPSA) is 58.6 Å². The largest absolute Gasteiger partial charge is 0.371 e. The van der Waals surface area contributed by atoms with E-state index in [9.17, 15) is 8.42 Å². The molecule has 0 bridgehead atoms. The number of benzene rings is 2. The lowest BCUT2D eigenvalue weighted by molar-refractivity contribution is -0.0291. The fraction of sp³-hybridized carbons (Fsp3) is 0.400. The minimum Gasteiger partial charge on any atom is -0.371 e. The van der Waals surface area contributed by atoms with Gasteiger partial charge in [0.25, 0.3) is 0 Å². The first-order valence-electron chi connectivity index (χ1n) is 9.02. The molecule has 1 fully saturated rings. The summed E-state index contributed by atoms with van der Waals surface area (Å²) in [6.45, 7) is 3.40. The molecule has 26 heavy (non-hydrogen) atoms. The second kappa shape index (κ2) is 9.28. The number of sulfonamides is 1. The van der Waals surface area contributed by atoms with Crippen molar-refractivity contribution < 1.29 is 13.2 Å². The van der Waals surface area contributed by atoms with Crippen LogP contribution in [0.1, 0.15) is 17.2 Å². The molecule has 0 amide bonds. The molecule has 1 N–H and O–H groups in total. The standard InChI is InChI=1S/C20H26N2O3S/c23-26(24,16-11-18-7-3-1-4-8-18)21-12-13-22-14-15-25-20(17-22)19-9-5-2-6-10-19/h1-10,20-21H,11-17H2/t20-/m0/s1. The molecule has 2 aromatic rings. The van der Waals surface area contributed by atoms with E-state index >= 15 is 0 Å². The Kier molecular flexibility index (Phi) is 6.80. The van der Waals surface area contributed by atoms with Crippen LogP contribution in [0.5, 0.6) is 0 Å². The Morgan fingerprint density at radius 3 is 2.46 bits per heavy atom. The van der Waals surface area contributed by atoms with E-state index < -0.39 is 10.0 Å². The third-order valence-electron chi connectivity index (χ3n) is 4.57. The van der Waals surface area contributed by atoms with Crippen LogP contribution in [-0.4, -0.2) is 51.9 Å². The van der Waals surface area contributed by atoms with E-state index in [1.54, 1.807) is 0 Å². The van der Waals surface area contributed by atoms with Crippen molar-refractivity contribution in [2.45, 2.75) is 12.5 Å². The summed E-state index contributed by atoms with van der Waals surface area (Å²) in [5.74, 6) is 0.118. The average molecular weight is 375 g/mol. The van der Waals surface area contributed by atoms with Gasteiger partial charge in [0.1, 0.15) is 0 Å². The van der Waals surface area contributed by atoms with E-state index in [2.05, 4.69) is 21.8 Å². The zero-order valence-corrected chi connectivity index (χ0v) is 15.7. The molecule has 140 valence electrons. The van der Waals surface area contributed by atoms with E-state index in [1.165, 1.54) is 5.56 Å². The van der Waals surface area contributed by atoms with Gasteiger partial charge in [-0.05, 0) is 17.5 Å². The molecule has 0 saturated carbocycles. The second-order valence-corrected chi connectivity index (χ2v) is 8.45. The number of morpholine rings is 1. The van der Waals surface area contributed by atoms with Gasteiger partial charge in [-0.1, -0.05) is 60.7 Å². The predicted molar refractivity (Wildman–Crippen MR) is 104 cm³/mol. The summed E-state index contributed by atoms with van der Waals surface area (Å²) in [6.07, 6.45) is 0.587. The molecular formula is C20H26N2O3S. The van der Waals surface area contributed by atoms with Crippen LogP contribution in [-0.2, 0) is 21.2 Å². The fourth-order valence-electron chi connectivity index (χ4n) is 3.10. The second-order valence-electron chi connectivity index (χ2n) is 6.52. The van der Waals surface area contributed by atoms with E-state index in [4.69, 9.17) is 4.74 Å². The smallest absolute Gasteiger partial charge is 0.211 e. The number of nitrogens with one attached hydrogen (secondary N) is 1. The van der Waals surface area contributed by atoms with E-state index in [1.807, 2.05) is 48.5 Å². The third-order valence-corrected chi connectivity index (χ3v) is 5.96. The number of nitrogens with zero attached hydrogens (tertiary/aromatic N) is 1. The Morgan fingerprint density at radius 2 is 1.73 bits per heavy atom. The van der Waals surface area contributed by atoms with Gasteiger partial charge in [-0.25, -0.2) is 13.1 Å². The average Bonchev–Trinajstić information content (AvgIpc) is 2.68. The Bertz CT molecular complexity index is 766. The van der Waals surface area contributed by atoms with Crippen molar-refractivity contribution in [3.63, 3.8) is 0 Å². The molecule has 0 spiro atoms. The monoisotopic (exact) mass is 374 g/mol. The van der Waals surface area contributed by atoms with Crippen molar-refractivity contribution in [3.05, 3.63) is 71.8 Å². The van der Waals surface area contributed by atoms with Gasteiger partial charge < -0.3 is 4.74 Å². The fourth-order valence-corrected chi connectivity index (χ4v) is 4.15.